The predicted octanol–water partition coefficient (Wildman–Crippen LogP) is 3.01. The van der Waals surface area contributed by atoms with Crippen LogP contribution in [0.25, 0.3) is 11.3 Å². The van der Waals surface area contributed by atoms with E-state index in [1.54, 1.807) is 36.9 Å². The third-order valence-corrected chi connectivity index (χ3v) is 5.28. The Hall–Kier alpha value is -2.80. The molecule has 0 aliphatic heterocycles. The van der Waals surface area contributed by atoms with Crippen LogP contribution in [0.5, 0.6) is 0 Å². The number of nitrogens with zero attached hydrogens (tertiary/aromatic N) is 3. The Balaban J connectivity index is 1.56. The molecule has 3 rings (SSSR count). The minimum Gasteiger partial charge on any atom is -0.349 e. The maximum Gasteiger partial charge on any atom is 0.292 e. The molecule has 2 heterocycles. The number of hydrogen-bond acceptors (Lipinski definition) is 5. The van der Waals surface area contributed by atoms with Gasteiger partial charge in [0.2, 0.25) is 0 Å². The predicted molar refractivity (Wildman–Crippen MR) is 106 cm³/mol. The lowest BCUT2D eigenvalue weighted by atomic mass is 10.1. The largest absolute Gasteiger partial charge is 0.349 e. The lowest BCUT2D eigenvalue weighted by molar-refractivity contribution is -0.116. The first-order chi connectivity index (χ1) is 12.9. The molecule has 1 N–H and O–H groups in total. The molecule has 0 spiro atoms. The highest BCUT2D eigenvalue weighted by atomic mass is 32.1. The molecule has 1 amide bonds. The minimum absolute atomic E-state index is 0.387. The van der Waals surface area contributed by atoms with Crippen LogP contribution >= 0.6 is 11.3 Å². The fraction of sp³-hybridized carbons (Fsp3) is 0.300. The van der Waals surface area contributed by atoms with Crippen LogP contribution in [0.2, 0.25) is 0 Å². The van der Waals surface area contributed by atoms with Gasteiger partial charge >= 0.3 is 0 Å². The van der Waals surface area contributed by atoms with Crippen LogP contribution in [0.15, 0.2) is 29.6 Å². The van der Waals surface area contributed by atoms with Crippen LogP contribution in [0.3, 0.4) is 0 Å². The minimum atomic E-state index is -0.594. The second kappa shape index (κ2) is 7.84. The highest BCUT2D eigenvalue weighted by Gasteiger charge is 2.23. The first kappa shape index (κ1) is 19.0. The molecule has 0 unspecified atom stereocenters. The van der Waals surface area contributed by atoms with E-state index in [9.17, 15) is 9.59 Å². The Kier molecular flexibility index (Phi) is 5.51. The molecular formula is C20H22N4O2S. The number of Topliss-reactive ketones (excluding diaryl/α,β-unsaturated/α-hetero) is 1. The zero-order valence-corrected chi connectivity index (χ0v) is 16.7. The molecule has 3 aromatic rings. The van der Waals surface area contributed by atoms with Crippen LogP contribution in [-0.2, 0) is 18.3 Å². The van der Waals surface area contributed by atoms with Gasteiger partial charge in [-0.05, 0) is 32.8 Å². The Bertz CT molecular complexity index is 986. The third kappa shape index (κ3) is 4.14. The fourth-order valence-electron chi connectivity index (χ4n) is 2.95. The Labute approximate surface area is 162 Å². The molecule has 6 nitrogen and oxygen atoms in total. The van der Waals surface area contributed by atoms with E-state index in [1.807, 2.05) is 36.6 Å². The van der Waals surface area contributed by atoms with Crippen LogP contribution in [0.4, 0.5) is 0 Å². The van der Waals surface area contributed by atoms with E-state index in [2.05, 4.69) is 15.4 Å². The molecule has 140 valence electrons. The van der Waals surface area contributed by atoms with Gasteiger partial charge < -0.3 is 5.32 Å². The molecule has 0 bridgehead atoms. The van der Waals surface area contributed by atoms with Gasteiger partial charge in [0.15, 0.2) is 0 Å². The van der Waals surface area contributed by atoms with Gasteiger partial charge in [0.25, 0.3) is 11.7 Å². The van der Waals surface area contributed by atoms with Crippen molar-refractivity contribution in [3.63, 3.8) is 0 Å². The standard InChI is InChI=1S/C20H22N4O2S/c1-12-18(13(2)24(4)23-12)19(25)20(26)21-10-9-15-5-7-16(8-6-15)17-11-27-14(3)22-17/h5-8,11H,9-10H2,1-4H3,(H,21,26). The number of hydrogen-bond donors (Lipinski definition) is 1. The highest BCUT2D eigenvalue weighted by Crippen LogP contribution is 2.21. The number of nitrogens with one attached hydrogen (secondary N) is 1. The lowest BCUT2D eigenvalue weighted by Gasteiger charge is -2.06. The molecular weight excluding hydrogens is 360 g/mol. The maximum atomic E-state index is 12.4. The average Bonchev–Trinajstić information content (AvgIpc) is 3.18. The second-order valence-corrected chi connectivity index (χ2v) is 7.52. The van der Waals surface area contributed by atoms with Crippen molar-refractivity contribution >= 4 is 23.0 Å². The molecule has 27 heavy (non-hydrogen) atoms. The summed E-state index contributed by atoms with van der Waals surface area (Å²) in [5.74, 6) is -1.13. The van der Waals surface area contributed by atoms with Crippen molar-refractivity contribution in [2.75, 3.05) is 6.54 Å². The lowest BCUT2D eigenvalue weighted by Crippen LogP contribution is -2.33. The number of benzene rings is 1. The van der Waals surface area contributed by atoms with Crippen molar-refractivity contribution in [3.05, 3.63) is 57.2 Å². The molecule has 2 aromatic heterocycles. The van der Waals surface area contributed by atoms with E-state index in [0.717, 1.165) is 21.8 Å². The Morgan fingerprint density at radius 3 is 2.41 bits per heavy atom. The number of aromatic nitrogens is 3. The molecule has 0 fully saturated rings. The fourth-order valence-corrected chi connectivity index (χ4v) is 3.58. The number of carbonyl (C=O) groups is 2. The van der Waals surface area contributed by atoms with Crippen LogP contribution < -0.4 is 5.32 Å². The summed E-state index contributed by atoms with van der Waals surface area (Å²) in [7, 11) is 1.76. The summed E-state index contributed by atoms with van der Waals surface area (Å²) in [5, 5.41) is 9.98. The molecule has 0 saturated carbocycles. The van der Waals surface area contributed by atoms with Crippen LogP contribution in [-0.4, -0.2) is 33.0 Å². The van der Waals surface area contributed by atoms with Gasteiger partial charge in [0.1, 0.15) is 0 Å². The second-order valence-electron chi connectivity index (χ2n) is 6.45. The summed E-state index contributed by atoms with van der Waals surface area (Å²) in [5.41, 5.74) is 4.80. The molecule has 0 aliphatic rings. The summed E-state index contributed by atoms with van der Waals surface area (Å²) in [4.78, 5) is 29.0. The first-order valence-electron chi connectivity index (χ1n) is 8.71. The zero-order valence-electron chi connectivity index (χ0n) is 15.9. The van der Waals surface area contributed by atoms with E-state index in [-0.39, 0.29) is 0 Å². The molecule has 7 heteroatoms. The molecule has 0 saturated heterocycles. The monoisotopic (exact) mass is 382 g/mol. The van der Waals surface area contributed by atoms with Crippen molar-refractivity contribution in [3.8, 4) is 11.3 Å². The van der Waals surface area contributed by atoms with E-state index in [4.69, 9.17) is 0 Å². The molecule has 0 radical (unpaired) electrons. The van der Waals surface area contributed by atoms with Gasteiger partial charge in [-0.3, -0.25) is 14.3 Å². The Morgan fingerprint density at radius 1 is 1.15 bits per heavy atom. The molecule has 0 atom stereocenters. The van der Waals surface area contributed by atoms with Gasteiger partial charge in [-0.2, -0.15) is 5.10 Å². The Morgan fingerprint density at radius 2 is 1.85 bits per heavy atom. The summed E-state index contributed by atoms with van der Waals surface area (Å²) < 4.78 is 1.61. The topological polar surface area (TPSA) is 76.9 Å². The first-order valence-corrected chi connectivity index (χ1v) is 9.59. The third-order valence-electron chi connectivity index (χ3n) is 4.51. The summed E-state index contributed by atoms with van der Waals surface area (Å²) >= 11 is 1.63. The number of amides is 1. The van der Waals surface area contributed by atoms with Gasteiger partial charge in [0.05, 0.1) is 22.0 Å². The average molecular weight is 382 g/mol. The quantitative estimate of drug-likeness (QED) is 0.525. The summed E-state index contributed by atoms with van der Waals surface area (Å²) in [6.07, 6.45) is 0.653. The van der Waals surface area contributed by atoms with Crippen molar-refractivity contribution in [2.45, 2.75) is 27.2 Å². The molecule has 1 aromatic carbocycles. The number of thiazole rings is 1. The van der Waals surface area contributed by atoms with Crippen molar-refractivity contribution in [1.29, 1.82) is 0 Å². The zero-order chi connectivity index (χ0) is 19.6. The number of rotatable bonds is 6. The summed E-state index contributed by atoms with van der Waals surface area (Å²) in [6, 6.07) is 8.10. The highest BCUT2D eigenvalue weighted by molar-refractivity contribution is 7.09. The van der Waals surface area contributed by atoms with Gasteiger partial charge in [-0.1, -0.05) is 24.3 Å². The van der Waals surface area contributed by atoms with Crippen LogP contribution in [0.1, 0.15) is 32.3 Å². The van der Waals surface area contributed by atoms with Crippen LogP contribution in [0, 0.1) is 20.8 Å². The van der Waals surface area contributed by atoms with E-state index >= 15 is 0 Å². The van der Waals surface area contributed by atoms with E-state index < -0.39 is 11.7 Å². The maximum absolute atomic E-state index is 12.4. The van der Waals surface area contributed by atoms with Gasteiger partial charge in [-0.25, -0.2) is 4.98 Å². The van der Waals surface area contributed by atoms with E-state index in [1.165, 1.54) is 0 Å². The van der Waals surface area contributed by atoms with E-state index in [0.29, 0.717) is 29.9 Å². The van der Waals surface area contributed by atoms with Gasteiger partial charge in [0, 0.05) is 30.2 Å². The van der Waals surface area contributed by atoms with Crippen molar-refractivity contribution in [2.24, 2.45) is 7.05 Å². The number of aryl methyl sites for hydroxylation is 3. The van der Waals surface area contributed by atoms with Gasteiger partial charge in [-0.15, -0.1) is 11.3 Å². The number of carbonyl (C=O) groups excluding carboxylic acids is 2. The molecule has 0 aliphatic carbocycles. The van der Waals surface area contributed by atoms with Crippen molar-refractivity contribution < 1.29 is 9.59 Å². The SMILES string of the molecule is Cc1nc(-c2ccc(CCNC(=O)C(=O)c3c(C)nn(C)c3C)cc2)cs1. The summed E-state index contributed by atoms with van der Waals surface area (Å²) in [6.45, 7) is 5.91. The van der Waals surface area contributed by atoms with Crippen molar-refractivity contribution in [1.82, 2.24) is 20.1 Å². The smallest absolute Gasteiger partial charge is 0.292 e. The number of ketones is 1. The normalized spacial score (nSPS) is 10.8.